The van der Waals surface area contributed by atoms with Gasteiger partial charge in [-0.2, -0.15) is 0 Å². The van der Waals surface area contributed by atoms with Crippen LogP contribution in [0.25, 0.3) is 0 Å². The highest BCUT2D eigenvalue weighted by molar-refractivity contribution is 4.89. The van der Waals surface area contributed by atoms with Crippen LogP contribution in [0.3, 0.4) is 0 Å². The zero-order chi connectivity index (χ0) is 10.1. The van der Waals surface area contributed by atoms with Crippen LogP contribution < -0.4 is 5.73 Å². The van der Waals surface area contributed by atoms with Crippen LogP contribution in [0.2, 0.25) is 0 Å². The normalized spacial score (nSPS) is 31.6. The van der Waals surface area contributed by atoms with Gasteiger partial charge in [0.15, 0.2) is 0 Å². The van der Waals surface area contributed by atoms with Crippen molar-refractivity contribution in [3.8, 4) is 0 Å². The van der Waals surface area contributed by atoms with Crippen LogP contribution in [-0.2, 0) is 0 Å². The van der Waals surface area contributed by atoms with Crippen LogP contribution in [0.1, 0.15) is 32.6 Å². The maximum absolute atomic E-state index is 13.1. The zero-order valence-electron chi connectivity index (χ0n) is 7.89. The van der Waals surface area contributed by atoms with Crippen molar-refractivity contribution in [1.29, 1.82) is 0 Å². The van der Waals surface area contributed by atoms with E-state index in [-0.39, 0.29) is 19.4 Å². The lowest BCUT2D eigenvalue weighted by Crippen LogP contribution is -2.39. The summed E-state index contributed by atoms with van der Waals surface area (Å²) in [6.07, 6.45) is 1.12. The first-order valence-corrected chi connectivity index (χ1v) is 4.68. The molecule has 2 nitrogen and oxygen atoms in total. The minimum Gasteiger partial charge on any atom is -0.389 e. The number of hydrogen-bond acceptors (Lipinski definition) is 2. The van der Waals surface area contributed by atoms with Crippen LogP contribution >= 0.6 is 0 Å². The molecule has 1 aliphatic rings. The van der Waals surface area contributed by atoms with Crippen molar-refractivity contribution in [3.63, 3.8) is 0 Å². The Kier molecular flexibility index (Phi) is 2.92. The highest BCUT2D eigenvalue weighted by atomic mass is 19.3. The van der Waals surface area contributed by atoms with Crippen LogP contribution in [-0.4, -0.2) is 23.2 Å². The lowest BCUT2D eigenvalue weighted by atomic mass is 9.89. The van der Waals surface area contributed by atoms with Gasteiger partial charge in [-0.05, 0) is 26.2 Å². The number of aliphatic hydroxyl groups is 1. The number of alkyl halides is 2. The highest BCUT2D eigenvalue weighted by Gasteiger charge is 2.45. The Morgan fingerprint density at radius 3 is 2.62 bits per heavy atom. The maximum atomic E-state index is 13.1. The van der Waals surface area contributed by atoms with E-state index in [1.165, 1.54) is 6.92 Å². The first-order valence-electron chi connectivity index (χ1n) is 4.68. The van der Waals surface area contributed by atoms with E-state index in [9.17, 15) is 13.9 Å². The van der Waals surface area contributed by atoms with Gasteiger partial charge >= 0.3 is 0 Å². The summed E-state index contributed by atoms with van der Waals surface area (Å²) in [5, 5.41) is 9.56. The fraction of sp³-hybridized carbons (Fsp3) is 1.00. The van der Waals surface area contributed by atoms with Crippen molar-refractivity contribution < 1.29 is 13.9 Å². The van der Waals surface area contributed by atoms with Gasteiger partial charge in [-0.25, -0.2) is 8.78 Å². The Balaban J connectivity index is 2.54. The standard InChI is InChI=1S/C9H17F2NO/c1-8(13,6-12)5-7-3-2-4-9(7,10)11/h7,13H,2-6,12H2,1H3. The van der Waals surface area contributed by atoms with E-state index in [0.717, 1.165) is 0 Å². The smallest absolute Gasteiger partial charge is 0.251 e. The Labute approximate surface area is 77.1 Å². The van der Waals surface area contributed by atoms with Crippen molar-refractivity contribution in [2.24, 2.45) is 11.7 Å². The predicted octanol–water partition coefficient (Wildman–Crippen LogP) is 1.52. The third-order valence-corrected chi connectivity index (χ3v) is 2.79. The molecule has 0 spiro atoms. The van der Waals surface area contributed by atoms with Crippen molar-refractivity contribution in [2.45, 2.75) is 44.1 Å². The molecule has 3 N–H and O–H groups in total. The summed E-state index contributed by atoms with van der Waals surface area (Å²) in [7, 11) is 0. The molecule has 1 aliphatic carbocycles. The summed E-state index contributed by atoms with van der Waals surface area (Å²) in [5.41, 5.74) is 4.14. The Morgan fingerprint density at radius 1 is 1.62 bits per heavy atom. The molecule has 4 heteroatoms. The summed E-state index contributed by atoms with van der Waals surface area (Å²) in [6, 6.07) is 0. The molecule has 0 bridgehead atoms. The van der Waals surface area contributed by atoms with Gasteiger partial charge < -0.3 is 10.8 Å². The van der Waals surface area contributed by atoms with Gasteiger partial charge in [0, 0.05) is 18.9 Å². The first-order chi connectivity index (χ1) is 5.87. The third kappa shape index (κ3) is 2.61. The highest BCUT2D eigenvalue weighted by Crippen LogP contribution is 2.43. The van der Waals surface area contributed by atoms with E-state index in [1.54, 1.807) is 0 Å². The topological polar surface area (TPSA) is 46.2 Å². The van der Waals surface area contributed by atoms with Gasteiger partial charge in [-0.15, -0.1) is 0 Å². The second kappa shape index (κ2) is 3.50. The molecular weight excluding hydrogens is 176 g/mol. The van der Waals surface area contributed by atoms with Crippen LogP contribution in [0, 0.1) is 5.92 Å². The summed E-state index contributed by atoms with van der Waals surface area (Å²) in [4.78, 5) is 0. The van der Waals surface area contributed by atoms with Crippen LogP contribution in [0.5, 0.6) is 0 Å². The molecule has 78 valence electrons. The second-order valence-corrected chi connectivity index (χ2v) is 4.26. The van der Waals surface area contributed by atoms with E-state index in [1.807, 2.05) is 0 Å². The second-order valence-electron chi connectivity index (χ2n) is 4.26. The van der Waals surface area contributed by atoms with E-state index >= 15 is 0 Å². The average molecular weight is 193 g/mol. The summed E-state index contributed by atoms with van der Waals surface area (Å²) < 4.78 is 26.2. The molecule has 0 heterocycles. The van der Waals surface area contributed by atoms with Gasteiger partial charge in [0.1, 0.15) is 0 Å². The molecule has 0 amide bonds. The van der Waals surface area contributed by atoms with E-state index < -0.39 is 17.4 Å². The molecule has 0 aliphatic heterocycles. The maximum Gasteiger partial charge on any atom is 0.251 e. The molecule has 2 atom stereocenters. The largest absolute Gasteiger partial charge is 0.389 e. The Bertz CT molecular complexity index is 182. The summed E-state index contributed by atoms with van der Waals surface area (Å²) >= 11 is 0. The monoisotopic (exact) mass is 193 g/mol. The minimum absolute atomic E-state index is 0.0413. The predicted molar refractivity (Wildman–Crippen MR) is 46.6 cm³/mol. The molecule has 13 heavy (non-hydrogen) atoms. The molecule has 0 saturated heterocycles. The molecule has 0 aromatic rings. The molecule has 0 aromatic carbocycles. The fourth-order valence-corrected chi connectivity index (χ4v) is 1.86. The zero-order valence-corrected chi connectivity index (χ0v) is 7.89. The van der Waals surface area contributed by atoms with Gasteiger partial charge in [-0.1, -0.05) is 0 Å². The van der Waals surface area contributed by atoms with Crippen molar-refractivity contribution in [3.05, 3.63) is 0 Å². The van der Waals surface area contributed by atoms with E-state index in [0.29, 0.717) is 12.8 Å². The number of halogens is 2. The summed E-state index contributed by atoms with van der Waals surface area (Å²) in [6.45, 7) is 1.56. The Morgan fingerprint density at radius 2 is 2.23 bits per heavy atom. The number of rotatable bonds is 3. The van der Waals surface area contributed by atoms with Crippen LogP contribution in [0.4, 0.5) is 8.78 Å². The molecule has 2 unspecified atom stereocenters. The SMILES string of the molecule is CC(O)(CN)CC1CCCC1(F)F. The lowest BCUT2D eigenvalue weighted by molar-refractivity contribution is -0.0688. The minimum atomic E-state index is -2.60. The molecular formula is C9H17F2NO. The van der Waals surface area contributed by atoms with E-state index in [2.05, 4.69) is 0 Å². The molecule has 1 rings (SSSR count). The summed E-state index contributed by atoms with van der Waals surface area (Å²) in [5.74, 6) is -3.29. The van der Waals surface area contributed by atoms with Gasteiger partial charge in [0.05, 0.1) is 5.60 Å². The van der Waals surface area contributed by atoms with Crippen molar-refractivity contribution >= 4 is 0 Å². The van der Waals surface area contributed by atoms with E-state index in [4.69, 9.17) is 5.73 Å². The van der Waals surface area contributed by atoms with Crippen LogP contribution in [0.15, 0.2) is 0 Å². The van der Waals surface area contributed by atoms with Gasteiger partial charge in [0.2, 0.25) is 0 Å². The van der Waals surface area contributed by atoms with Gasteiger partial charge in [-0.3, -0.25) is 0 Å². The Hall–Kier alpha value is -0.220. The number of hydrogen-bond donors (Lipinski definition) is 2. The lowest BCUT2D eigenvalue weighted by Gasteiger charge is -2.28. The molecule has 0 aromatic heterocycles. The van der Waals surface area contributed by atoms with Gasteiger partial charge in [0.25, 0.3) is 5.92 Å². The van der Waals surface area contributed by atoms with Crippen molar-refractivity contribution in [1.82, 2.24) is 0 Å². The average Bonchev–Trinajstić information content (AvgIpc) is 2.31. The fourth-order valence-electron chi connectivity index (χ4n) is 1.86. The van der Waals surface area contributed by atoms with Crippen molar-refractivity contribution in [2.75, 3.05) is 6.54 Å². The molecule has 1 fully saturated rings. The number of nitrogens with two attached hydrogens (primary N) is 1. The first kappa shape index (κ1) is 10.9. The quantitative estimate of drug-likeness (QED) is 0.713. The third-order valence-electron chi connectivity index (χ3n) is 2.79. The molecule has 0 radical (unpaired) electrons. The molecule has 1 saturated carbocycles.